The van der Waals surface area contributed by atoms with Gasteiger partial charge in [0.15, 0.2) is 34.7 Å². The maximum atomic E-state index is 14.5. The Morgan fingerprint density at radius 3 is 2.38 bits per heavy atom. The molecule has 50 heavy (non-hydrogen) atoms. The molecule has 2 fully saturated rings. The number of phenolic OH excluding ortho intramolecular Hbond substituents is 1. The molecular formula is C38H49N3O9. The van der Waals surface area contributed by atoms with Gasteiger partial charge in [-0.3, -0.25) is 28.9 Å². The summed E-state index contributed by atoms with van der Waals surface area (Å²) >= 11 is 0. The zero-order chi connectivity index (χ0) is 36.8. The van der Waals surface area contributed by atoms with E-state index in [4.69, 9.17) is 15.2 Å². The topological polar surface area (TPSA) is 186 Å². The first-order valence-electron chi connectivity index (χ1n) is 17.2. The van der Waals surface area contributed by atoms with Gasteiger partial charge in [0, 0.05) is 30.7 Å². The summed E-state index contributed by atoms with van der Waals surface area (Å²) in [6, 6.07) is 7.62. The number of phenols is 1. The number of nitrogens with one attached hydrogen (secondary N) is 1. The molecule has 2 aromatic carbocycles. The fourth-order valence-corrected chi connectivity index (χ4v) is 8.93. The second-order valence-electron chi connectivity index (χ2n) is 14.8. The number of benzene rings is 2. The number of primary amides is 1. The molecule has 0 bridgehead atoms. The van der Waals surface area contributed by atoms with Crippen molar-refractivity contribution in [2.45, 2.75) is 71.1 Å². The summed E-state index contributed by atoms with van der Waals surface area (Å²) in [6.07, 6.45) is 3.00. The monoisotopic (exact) mass is 691 g/mol. The molecule has 2 unspecified atom stereocenters. The highest BCUT2D eigenvalue weighted by Gasteiger charge is 2.76. The summed E-state index contributed by atoms with van der Waals surface area (Å²) in [5.41, 5.74) is 2.41. The number of carbonyl (C=O) groups is 5. The largest absolute Gasteiger partial charge is 0.507 e. The quantitative estimate of drug-likeness (QED) is 0.179. The van der Waals surface area contributed by atoms with Gasteiger partial charge in [-0.25, -0.2) is 0 Å². The number of likely N-dealkylation sites (N-methyl/N-ethyl adjacent to an activating group) is 1. The van der Waals surface area contributed by atoms with Crippen molar-refractivity contribution in [3.63, 3.8) is 0 Å². The van der Waals surface area contributed by atoms with Crippen LogP contribution in [0.25, 0.3) is 11.1 Å². The standard InChI is InChI=1S/C38H49N3O9/c1-7-8-15-50-16-9-14-40-19-21-10-13-26(49-6)23(17-21)22-11-12-25(42)27-24(22)18-36(2)20-37(3)32(41(4)5)31(44)28(35(39)47)33(45)38(37,48)34(46)29(36)30(27)43/h10-13,17,28-29,32,40,42,48H,7-9,14-16,18-20H2,1-6H3,(H2,39,47)/t28?,29?,32-,36+,37+,38-/m1/s1. The molecule has 12 heteroatoms. The minimum Gasteiger partial charge on any atom is -0.507 e. The minimum absolute atomic E-state index is 0.0749. The predicted molar refractivity (Wildman–Crippen MR) is 185 cm³/mol. The molecule has 3 aliphatic carbocycles. The first-order valence-corrected chi connectivity index (χ1v) is 17.2. The Kier molecular flexibility index (Phi) is 10.4. The maximum Gasteiger partial charge on any atom is 0.235 e. The summed E-state index contributed by atoms with van der Waals surface area (Å²) in [5.74, 6) is -8.59. The molecule has 1 amide bonds. The average molecular weight is 692 g/mol. The fourth-order valence-electron chi connectivity index (χ4n) is 8.93. The zero-order valence-electron chi connectivity index (χ0n) is 29.8. The summed E-state index contributed by atoms with van der Waals surface area (Å²) in [7, 11) is 4.67. The molecule has 0 aliphatic heterocycles. The molecule has 5 N–H and O–H groups in total. The molecule has 0 spiro atoms. The highest BCUT2D eigenvalue weighted by atomic mass is 16.5. The van der Waals surface area contributed by atoms with Crippen LogP contribution in [0.1, 0.15) is 67.9 Å². The maximum absolute atomic E-state index is 14.5. The molecule has 0 radical (unpaired) electrons. The van der Waals surface area contributed by atoms with Crippen LogP contribution in [0.3, 0.4) is 0 Å². The molecule has 270 valence electrons. The van der Waals surface area contributed by atoms with Crippen LogP contribution >= 0.6 is 0 Å². The van der Waals surface area contributed by atoms with Crippen molar-refractivity contribution >= 4 is 29.0 Å². The van der Waals surface area contributed by atoms with Crippen molar-refractivity contribution in [1.82, 2.24) is 10.2 Å². The van der Waals surface area contributed by atoms with Gasteiger partial charge in [-0.1, -0.05) is 39.3 Å². The number of unbranched alkanes of at least 4 members (excludes halogenated alkanes) is 1. The molecule has 0 heterocycles. The lowest BCUT2D eigenvalue weighted by Gasteiger charge is -2.61. The molecule has 5 rings (SSSR count). The SMILES string of the molecule is CCCCOCCCNCc1ccc(OC)c(-c2ccc(O)c3c2C[C@@]2(C)C[C@@]4(C)[C@H](N(C)C)C(=O)C(C(N)=O)C(=O)[C@@]4(O)C(=O)C2C3=O)c1. The van der Waals surface area contributed by atoms with Gasteiger partial charge in [0.1, 0.15) is 11.5 Å². The van der Waals surface area contributed by atoms with Gasteiger partial charge in [-0.2, -0.15) is 0 Å². The van der Waals surface area contributed by atoms with Crippen molar-refractivity contribution in [1.29, 1.82) is 0 Å². The molecule has 0 aromatic heterocycles. The molecule has 0 saturated heterocycles. The Morgan fingerprint density at radius 1 is 1.04 bits per heavy atom. The second-order valence-corrected chi connectivity index (χ2v) is 14.8. The lowest BCUT2D eigenvalue weighted by atomic mass is 9.42. The summed E-state index contributed by atoms with van der Waals surface area (Å²) in [6.45, 7) is 8.11. The predicted octanol–water partition coefficient (Wildman–Crippen LogP) is 2.62. The molecule has 3 aliphatic rings. The number of aliphatic hydroxyl groups is 1. The van der Waals surface area contributed by atoms with E-state index < -0.39 is 63.3 Å². The lowest BCUT2D eigenvalue weighted by Crippen LogP contribution is -2.79. The van der Waals surface area contributed by atoms with Crippen LogP contribution in [0, 0.1) is 22.7 Å². The van der Waals surface area contributed by atoms with Gasteiger partial charge in [-0.15, -0.1) is 0 Å². The van der Waals surface area contributed by atoms with Gasteiger partial charge >= 0.3 is 0 Å². The van der Waals surface area contributed by atoms with Crippen LogP contribution in [0.5, 0.6) is 11.5 Å². The summed E-state index contributed by atoms with van der Waals surface area (Å²) < 4.78 is 11.4. The first kappa shape index (κ1) is 37.3. The Hall–Kier alpha value is -3.97. The molecule has 12 nitrogen and oxygen atoms in total. The van der Waals surface area contributed by atoms with Crippen molar-refractivity contribution < 1.29 is 43.7 Å². The average Bonchev–Trinajstić information content (AvgIpc) is 3.03. The normalized spacial score (nSPS) is 29.1. The number of hydrogen-bond acceptors (Lipinski definition) is 11. The van der Waals surface area contributed by atoms with E-state index in [9.17, 15) is 34.2 Å². The van der Waals surface area contributed by atoms with E-state index in [0.717, 1.165) is 38.0 Å². The third-order valence-corrected chi connectivity index (χ3v) is 11.0. The van der Waals surface area contributed by atoms with E-state index >= 15 is 0 Å². The number of Topliss-reactive ketones (excluding diaryl/α,β-unsaturated/α-hetero) is 4. The van der Waals surface area contributed by atoms with E-state index in [1.54, 1.807) is 34.2 Å². The van der Waals surface area contributed by atoms with Crippen LogP contribution < -0.4 is 15.8 Å². The Bertz CT molecular complexity index is 1720. The van der Waals surface area contributed by atoms with Crippen LogP contribution in [0.2, 0.25) is 0 Å². The first-order chi connectivity index (χ1) is 23.6. The number of ketones is 4. The van der Waals surface area contributed by atoms with Gasteiger partial charge in [0.05, 0.1) is 24.6 Å². The van der Waals surface area contributed by atoms with Crippen LogP contribution in [0.15, 0.2) is 30.3 Å². The number of hydrogen-bond donors (Lipinski definition) is 4. The highest BCUT2D eigenvalue weighted by Crippen LogP contribution is 2.62. The van der Waals surface area contributed by atoms with E-state index in [1.807, 2.05) is 18.2 Å². The van der Waals surface area contributed by atoms with E-state index in [-0.39, 0.29) is 24.2 Å². The number of ether oxygens (including phenoxy) is 2. The molecule has 6 atom stereocenters. The number of amides is 1. The second kappa shape index (κ2) is 14.0. The van der Waals surface area contributed by atoms with Crippen molar-refractivity contribution in [2.75, 3.05) is 41.0 Å². The number of nitrogens with zero attached hydrogens (tertiary/aromatic N) is 1. The molecule has 2 aromatic rings. The summed E-state index contributed by atoms with van der Waals surface area (Å²) in [4.78, 5) is 70.4. The van der Waals surface area contributed by atoms with Crippen molar-refractivity contribution in [3.8, 4) is 22.6 Å². The number of carbonyl (C=O) groups excluding carboxylic acids is 5. The smallest absolute Gasteiger partial charge is 0.235 e. The van der Waals surface area contributed by atoms with E-state index in [1.165, 1.54) is 17.9 Å². The van der Waals surface area contributed by atoms with Crippen LogP contribution in [0.4, 0.5) is 0 Å². The number of rotatable bonds is 13. The third kappa shape index (κ3) is 5.85. The minimum atomic E-state index is -2.85. The van der Waals surface area contributed by atoms with Gasteiger partial charge in [0.2, 0.25) is 5.91 Å². The molecule has 2 saturated carbocycles. The van der Waals surface area contributed by atoms with Gasteiger partial charge in [0.25, 0.3) is 0 Å². The van der Waals surface area contributed by atoms with Crippen LogP contribution in [-0.4, -0.2) is 96.8 Å². The van der Waals surface area contributed by atoms with Gasteiger partial charge < -0.3 is 30.7 Å². The van der Waals surface area contributed by atoms with Crippen molar-refractivity contribution in [2.24, 2.45) is 28.4 Å². The Balaban J connectivity index is 1.55. The van der Waals surface area contributed by atoms with Crippen molar-refractivity contribution in [3.05, 3.63) is 47.0 Å². The lowest BCUT2D eigenvalue weighted by molar-refractivity contribution is -0.203. The fraction of sp³-hybridized carbons (Fsp3) is 0.553. The number of methoxy groups -OCH3 is 1. The highest BCUT2D eigenvalue weighted by molar-refractivity contribution is 6.33. The zero-order valence-corrected chi connectivity index (χ0v) is 29.8. The number of nitrogens with two attached hydrogens (primary N) is 1. The third-order valence-electron chi connectivity index (χ3n) is 11.0. The Labute approximate surface area is 292 Å². The number of aromatic hydroxyl groups is 1. The van der Waals surface area contributed by atoms with E-state index in [2.05, 4.69) is 12.2 Å². The number of fused-ring (bicyclic) bond motifs is 3. The van der Waals surface area contributed by atoms with Crippen LogP contribution in [-0.2, 0) is 36.9 Å². The van der Waals surface area contributed by atoms with E-state index in [0.29, 0.717) is 35.6 Å². The van der Waals surface area contributed by atoms with Gasteiger partial charge in [-0.05, 0) is 86.6 Å². The Morgan fingerprint density at radius 2 is 1.74 bits per heavy atom. The molecular weight excluding hydrogens is 642 g/mol. The summed E-state index contributed by atoms with van der Waals surface area (Å²) in [5, 5.41) is 26.7.